The van der Waals surface area contributed by atoms with Crippen LogP contribution in [0.25, 0.3) is 0 Å². The summed E-state index contributed by atoms with van der Waals surface area (Å²) in [5.41, 5.74) is -6.63. The van der Waals surface area contributed by atoms with Gasteiger partial charge in [-0.25, -0.2) is 13.6 Å². The smallest absolute Gasteiger partial charge is 0.339 e. The monoisotopic (exact) mass is 438 g/mol. The van der Waals surface area contributed by atoms with Crippen LogP contribution in [0.4, 0.5) is 8.78 Å². The van der Waals surface area contributed by atoms with E-state index in [1.807, 2.05) is 0 Å². The van der Waals surface area contributed by atoms with Crippen LogP contribution >= 0.6 is 0 Å². The number of carboxylic acids is 1. The first kappa shape index (κ1) is 21.2. The van der Waals surface area contributed by atoms with Crippen LogP contribution in [-0.2, 0) is 19.1 Å². The highest BCUT2D eigenvalue weighted by Crippen LogP contribution is 2.72. The number of carbonyl (C=O) groups is 2. The lowest BCUT2D eigenvalue weighted by atomic mass is 9.44. The van der Waals surface area contributed by atoms with Gasteiger partial charge in [0.1, 0.15) is 12.3 Å². The highest BCUT2D eigenvalue weighted by molar-refractivity contribution is 6.01. The third-order valence-electron chi connectivity index (χ3n) is 8.94. The van der Waals surface area contributed by atoms with E-state index in [-0.39, 0.29) is 24.8 Å². The molecule has 0 amide bonds. The van der Waals surface area contributed by atoms with Crippen LogP contribution in [0.2, 0.25) is 0 Å². The predicted molar refractivity (Wildman–Crippen MR) is 104 cm³/mol. The van der Waals surface area contributed by atoms with Crippen LogP contribution in [0, 0.1) is 22.7 Å². The van der Waals surface area contributed by atoms with Gasteiger partial charge in [0.25, 0.3) is 0 Å². The van der Waals surface area contributed by atoms with Crippen molar-refractivity contribution in [1.82, 2.24) is 0 Å². The van der Waals surface area contributed by atoms with Crippen molar-refractivity contribution in [1.29, 1.82) is 0 Å². The molecule has 170 valence electrons. The molecule has 4 fully saturated rings. The highest BCUT2D eigenvalue weighted by Gasteiger charge is 2.81. The number of ketones is 1. The van der Waals surface area contributed by atoms with Crippen molar-refractivity contribution in [2.24, 2.45) is 22.7 Å². The molecule has 0 aromatic carbocycles. The second kappa shape index (κ2) is 5.83. The largest absolute Gasteiger partial charge is 0.479 e. The van der Waals surface area contributed by atoms with Gasteiger partial charge in [0.05, 0.1) is 6.10 Å². The van der Waals surface area contributed by atoms with E-state index in [1.54, 1.807) is 20.8 Å². The Hall–Kier alpha value is -1.64. The van der Waals surface area contributed by atoms with E-state index in [4.69, 9.17) is 9.47 Å². The summed E-state index contributed by atoms with van der Waals surface area (Å²) in [6.07, 6.45) is -0.459. The number of aliphatic hydroxyl groups excluding tert-OH is 1. The van der Waals surface area contributed by atoms with Crippen LogP contribution in [0.5, 0.6) is 0 Å². The summed E-state index contributed by atoms with van der Waals surface area (Å²) in [7, 11) is 0. The van der Waals surface area contributed by atoms with E-state index in [9.17, 15) is 19.8 Å². The molecule has 5 aliphatic rings. The third kappa shape index (κ3) is 2.21. The van der Waals surface area contributed by atoms with Crippen molar-refractivity contribution in [3.8, 4) is 0 Å². The maximum atomic E-state index is 17.0. The van der Waals surface area contributed by atoms with Gasteiger partial charge in [-0.3, -0.25) is 4.79 Å². The molecule has 0 spiro atoms. The summed E-state index contributed by atoms with van der Waals surface area (Å²) in [5, 5.41) is 21.5. The average molecular weight is 438 g/mol. The molecule has 0 unspecified atom stereocenters. The average Bonchev–Trinajstić information content (AvgIpc) is 3.06. The molecule has 2 N–H and O–H groups in total. The molecule has 9 atom stereocenters. The highest BCUT2D eigenvalue weighted by atomic mass is 19.1. The minimum Gasteiger partial charge on any atom is -0.479 e. The fourth-order valence-electron chi connectivity index (χ4n) is 7.67. The number of rotatable bonds is 1. The summed E-state index contributed by atoms with van der Waals surface area (Å²) < 4.78 is 44.4. The van der Waals surface area contributed by atoms with Gasteiger partial charge in [-0.05, 0) is 63.7 Å². The quantitative estimate of drug-likeness (QED) is 0.654. The molecule has 6 nitrogen and oxygen atoms in total. The van der Waals surface area contributed by atoms with E-state index in [2.05, 4.69) is 0 Å². The molecular formula is C23H28F2O6. The number of fused-ring (bicyclic) bond motifs is 7. The molecule has 3 saturated carbocycles. The number of hydrogen-bond acceptors (Lipinski definition) is 5. The first-order chi connectivity index (χ1) is 14.2. The predicted octanol–water partition coefficient (Wildman–Crippen LogP) is 2.89. The minimum absolute atomic E-state index is 0.0428. The second-order valence-electron chi connectivity index (χ2n) is 10.7. The van der Waals surface area contributed by atoms with Crippen LogP contribution < -0.4 is 0 Å². The van der Waals surface area contributed by atoms with Crippen LogP contribution in [0.3, 0.4) is 0 Å². The maximum Gasteiger partial charge on any atom is 0.339 e. The van der Waals surface area contributed by atoms with Gasteiger partial charge in [0.15, 0.2) is 22.8 Å². The maximum absolute atomic E-state index is 17.0. The van der Waals surface area contributed by atoms with Gasteiger partial charge in [0.2, 0.25) is 0 Å². The van der Waals surface area contributed by atoms with Gasteiger partial charge in [-0.2, -0.15) is 0 Å². The fourth-order valence-corrected chi connectivity index (χ4v) is 7.67. The molecule has 1 saturated heterocycles. The van der Waals surface area contributed by atoms with Gasteiger partial charge >= 0.3 is 5.97 Å². The zero-order valence-electron chi connectivity index (χ0n) is 18.0. The Balaban J connectivity index is 1.66. The van der Waals surface area contributed by atoms with Crippen molar-refractivity contribution in [2.45, 2.75) is 82.4 Å². The zero-order valence-corrected chi connectivity index (χ0v) is 18.0. The van der Waals surface area contributed by atoms with E-state index in [0.29, 0.717) is 0 Å². The summed E-state index contributed by atoms with van der Waals surface area (Å²) in [5.74, 6) is -4.31. The molecule has 0 aromatic rings. The van der Waals surface area contributed by atoms with Crippen molar-refractivity contribution < 1.29 is 38.1 Å². The molecule has 4 aliphatic carbocycles. The standard InChI is InChI=1S/C23H28F2O6/c1-19(2)30-17-9-12-13-8-15(24)14-7-11(26)5-6-20(14,3)22(13,25)16(27)10-21(12,4)23(17,31-19)18(28)29/h5-7,12-13,15-17,27H,8-10H2,1-4H3,(H,28,29)/t12-,13-,15-,16-,17+,20-,21-,22-,23+/m0/s1. The van der Waals surface area contributed by atoms with E-state index in [0.717, 1.165) is 6.08 Å². The number of alkyl halides is 2. The lowest BCUT2D eigenvalue weighted by Crippen LogP contribution is -2.70. The molecule has 1 aliphatic heterocycles. The first-order valence-electron chi connectivity index (χ1n) is 10.8. The Morgan fingerprint density at radius 3 is 2.52 bits per heavy atom. The number of allylic oxidation sites excluding steroid dienone is 4. The number of aliphatic hydroxyl groups is 1. The second-order valence-corrected chi connectivity index (χ2v) is 10.7. The lowest BCUT2D eigenvalue weighted by Gasteiger charge is -2.62. The van der Waals surface area contributed by atoms with Gasteiger partial charge in [-0.15, -0.1) is 0 Å². The third-order valence-corrected chi connectivity index (χ3v) is 8.94. The van der Waals surface area contributed by atoms with Gasteiger partial charge < -0.3 is 19.7 Å². The number of halogens is 2. The molecule has 5 rings (SSSR count). The van der Waals surface area contributed by atoms with Gasteiger partial charge in [-0.1, -0.05) is 13.0 Å². The number of carboxylic acid groups (broad SMARTS) is 1. The molecule has 0 radical (unpaired) electrons. The molecule has 0 bridgehead atoms. The van der Waals surface area contributed by atoms with Crippen molar-refractivity contribution in [3.63, 3.8) is 0 Å². The summed E-state index contributed by atoms with van der Waals surface area (Å²) >= 11 is 0. The van der Waals surface area contributed by atoms with Crippen molar-refractivity contribution >= 4 is 11.8 Å². The van der Waals surface area contributed by atoms with E-state index >= 15 is 8.78 Å². The summed E-state index contributed by atoms with van der Waals surface area (Å²) in [4.78, 5) is 24.5. The number of ether oxygens (including phenoxy) is 2. The molecular weight excluding hydrogens is 410 g/mol. The Morgan fingerprint density at radius 2 is 1.87 bits per heavy atom. The molecule has 31 heavy (non-hydrogen) atoms. The fraction of sp³-hybridized carbons (Fsp3) is 0.739. The number of aliphatic carboxylic acids is 1. The van der Waals surface area contributed by atoms with E-state index < -0.39 is 69.9 Å². The Labute approximate surface area is 179 Å². The van der Waals surface area contributed by atoms with E-state index in [1.165, 1.54) is 19.1 Å². The topological polar surface area (TPSA) is 93.1 Å². The Bertz CT molecular complexity index is 944. The number of hydrogen-bond donors (Lipinski definition) is 2. The number of carbonyl (C=O) groups excluding carboxylic acids is 1. The zero-order chi connectivity index (χ0) is 22.8. The molecule has 0 aromatic heterocycles. The molecule has 1 heterocycles. The first-order valence-corrected chi connectivity index (χ1v) is 10.8. The van der Waals surface area contributed by atoms with Gasteiger partial charge in [0, 0.05) is 16.7 Å². The minimum atomic E-state index is -2.25. The van der Waals surface area contributed by atoms with Crippen LogP contribution in [0.15, 0.2) is 23.8 Å². The van der Waals surface area contributed by atoms with Crippen LogP contribution in [0.1, 0.15) is 47.0 Å². The SMILES string of the molecule is CC1(C)O[C@@H]2C[C@H]3[C@@H]4C[C@H](F)C5=CC(=O)C=C[C@]5(C)[C@@]4(F)[C@@H](O)C[C@]3(C)[C@@]2(C(=O)O)O1. The normalized spacial score (nSPS) is 54.5. The summed E-state index contributed by atoms with van der Waals surface area (Å²) in [6, 6.07) is 0. The van der Waals surface area contributed by atoms with Crippen LogP contribution in [-0.4, -0.2) is 57.4 Å². The Kier molecular flexibility index (Phi) is 3.99. The molecule has 8 heteroatoms. The van der Waals surface area contributed by atoms with Crippen molar-refractivity contribution in [2.75, 3.05) is 0 Å². The lowest BCUT2D eigenvalue weighted by molar-refractivity contribution is -0.253. The Morgan fingerprint density at radius 1 is 1.19 bits per heavy atom. The van der Waals surface area contributed by atoms with Crippen molar-refractivity contribution in [3.05, 3.63) is 23.8 Å². The summed E-state index contributed by atoms with van der Waals surface area (Å²) in [6.45, 7) is 6.48.